The molecule has 0 spiro atoms. The summed E-state index contributed by atoms with van der Waals surface area (Å²) in [6.07, 6.45) is 7.66. The predicted molar refractivity (Wildman–Crippen MR) is 126 cm³/mol. The number of hydrogen-bond donors (Lipinski definition) is 0. The molecule has 0 atom stereocenters. The van der Waals surface area contributed by atoms with Gasteiger partial charge in [0, 0.05) is 40.5 Å². The minimum atomic E-state index is 0.00901. The third kappa shape index (κ3) is 7.45. The molecule has 2 rings (SSSR count). The summed E-state index contributed by atoms with van der Waals surface area (Å²) < 4.78 is 0. The van der Waals surface area contributed by atoms with E-state index in [0.717, 1.165) is 48.6 Å². The van der Waals surface area contributed by atoms with Crippen LogP contribution in [-0.2, 0) is 23.7 Å². The maximum Gasteiger partial charge on any atom is 0.129 e. The zero-order valence-electron chi connectivity index (χ0n) is 20.9. The Morgan fingerprint density at radius 3 is 2.00 bits per heavy atom. The van der Waals surface area contributed by atoms with Crippen LogP contribution in [-0.4, -0.2) is 19.9 Å². The predicted octanol–water partition coefficient (Wildman–Crippen LogP) is 6.48. The molecule has 2 aromatic heterocycles. The van der Waals surface area contributed by atoms with E-state index in [1.807, 2.05) is 6.20 Å². The Balaban J connectivity index is 2.08. The highest BCUT2D eigenvalue weighted by Gasteiger charge is 2.28. The zero-order valence-corrected chi connectivity index (χ0v) is 20.9. The molecule has 0 aromatic carbocycles. The smallest absolute Gasteiger partial charge is 0.129 e. The fourth-order valence-corrected chi connectivity index (χ4v) is 3.60. The lowest BCUT2D eigenvalue weighted by molar-refractivity contribution is 0.279. The van der Waals surface area contributed by atoms with Gasteiger partial charge in [-0.1, -0.05) is 69.2 Å². The Labute approximate surface area is 184 Å². The number of aromatic nitrogens is 4. The standard InChI is InChI=1S/C26H42N4/c1-23(2,3)17-22-27-14-11-20(30-22)26(9,10)13-12-25(7,8)16-19-15-21(24(4,5)6)29-18-28-19/h11,14-15,18H,12-13,16-17H2,1-10H3. The van der Waals surface area contributed by atoms with Gasteiger partial charge in [0.2, 0.25) is 0 Å². The van der Waals surface area contributed by atoms with Gasteiger partial charge in [0.15, 0.2) is 0 Å². The molecular weight excluding hydrogens is 368 g/mol. The van der Waals surface area contributed by atoms with Crippen LogP contribution in [0.5, 0.6) is 0 Å². The molecule has 2 aromatic rings. The second kappa shape index (κ2) is 8.72. The fourth-order valence-electron chi connectivity index (χ4n) is 3.60. The zero-order chi connectivity index (χ0) is 22.8. The molecule has 0 bridgehead atoms. The summed E-state index contributed by atoms with van der Waals surface area (Å²) in [5.41, 5.74) is 3.78. The van der Waals surface area contributed by atoms with E-state index in [-0.39, 0.29) is 21.7 Å². The average molecular weight is 411 g/mol. The number of nitrogens with zero attached hydrogens (tertiary/aromatic N) is 4. The van der Waals surface area contributed by atoms with Crippen LogP contribution in [0.4, 0.5) is 0 Å². The lowest BCUT2D eigenvalue weighted by Crippen LogP contribution is -2.25. The molecule has 0 saturated carbocycles. The molecule has 0 aliphatic rings. The Morgan fingerprint density at radius 2 is 1.40 bits per heavy atom. The molecule has 4 nitrogen and oxygen atoms in total. The van der Waals surface area contributed by atoms with E-state index in [9.17, 15) is 0 Å². The fraction of sp³-hybridized carbons (Fsp3) is 0.692. The van der Waals surface area contributed by atoms with E-state index in [1.165, 1.54) is 0 Å². The maximum absolute atomic E-state index is 4.92. The summed E-state index contributed by atoms with van der Waals surface area (Å²) in [5.74, 6) is 0.947. The van der Waals surface area contributed by atoms with Crippen molar-refractivity contribution in [1.82, 2.24) is 19.9 Å². The van der Waals surface area contributed by atoms with E-state index < -0.39 is 0 Å². The van der Waals surface area contributed by atoms with Gasteiger partial charge in [-0.15, -0.1) is 0 Å². The van der Waals surface area contributed by atoms with Crippen molar-refractivity contribution in [2.24, 2.45) is 10.8 Å². The monoisotopic (exact) mass is 410 g/mol. The second-order valence-electron chi connectivity index (χ2n) is 12.5. The highest BCUT2D eigenvalue weighted by atomic mass is 14.9. The summed E-state index contributed by atoms with van der Waals surface area (Å²) in [6.45, 7) is 22.6. The molecule has 166 valence electrons. The Morgan fingerprint density at radius 1 is 0.733 bits per heavy atom. The first-order chi connectivity index (χ1) is 13.6. The van der Waals surface area contributed by atoms with Crippen molar-refractivity contribution in [1.29, 1.82) is 0 Å². The topological polar surface area (TPSA) is 51.6 Å². The van der Waals surface area contributed by atoms with E-state index in [1.54, 1.807) is 6.33 Å². The third-order valence-electron chi connectivity index (χ3n) is 5.67. The molecule has 0 amide bonds. The van der Waals surface area contributed by atoms with Gasteiger partial charge in [0.05, 0.1) is 0 Å². The van der Waals surface area contributed by atoms with Gasteiger partial charge >= 0.3 is 0 Å². The quantitative estimate of drug-likeness (QED) is 0.524. The first kappa shape index (κ1) is 24.4. The summed E-state index contributed by atoms with van der Waals surface area (Å²) in [7, 11) is 0. The number of hydrogen-bond acceptors (Lipinski definition) is 4. The van der Waals surface area contributed by atoms with Crippen LogP contribution in [0.15, 0.2) is 24.7 Å². The van der Waals surface area contributed by atoms with E-state index in [2.05, 4.69) is 96.3 Å². The Bertz CT molecular complexity index is 839. The van der Waals surface area contributed by atoms with Gasteiger partial charge in [-0.05, 0) is 42.2 Å². The van der Waals surface area contributed by atoms with Gasteiger partial charge in [0.25, 0.3) is 0 Å². The van der Waals surface area contributed by atoms with Crippen LogP contribution in [0.2, 0.25) is 0 Å². The van der Waals surface area contributed by atoms with Gasteiger partial charge in [-0.25, -0.2) is 19.9 Å². The van der Waals surface area contributed by atoms with Crippen LogP contribution >= 0.6 is 0 Å². The van der Waals surface area contributed by atoms with Crippen molar-refractivity contribution >= 4 is 0 Å². The second-order valence-corrected chi connectivity index (χ2v) is 12.5. The summed E-state index contributed by atoms with van der Waals surface area (Å²) in [4.78, 5) is 18.5. The van der Waals surface area contributed by atoms with Crippen LogP contribution in [0.1, 0.15) is 105 Å². The average Bonchev–Trinajstić information content (AvgIpc) is 2.58. The van der Waals surface area contributed by atoms with E-state index in [4.69, 9.17) is 4.98 Å². The molecule has 0 saturated heterocycles. The van der Waals surface area contributed by atoms with Crippen molar-refractivity contribution in [2.75, 3.05) is 0 Å². The van der Waals surface area contributed by atoms with E-state index >= 15 is 0 Å². The van der Waals surface area contributed by atoms with Crippen LogP contribution in [0, 0.1) is 10.8 Å². The van der Waals surface area contributed by atoms with Gasteiger partial charge in [0.1, 0.15) is 12.2 Å². The van der Waals surface area contributed by atoms with E-state index in [0.29, 0.717) is 0 Å². The van der Waals surface area contributed by atoms with Crippen LogP contribution < -0.4 is 0 Å². The number of rotatable bonds is 7. The first-order valence-corrected chi connectivity index (χ1v) is 11.2. The van der Waals surface area contributed by atoms with Crippen molar-refractivity contribution in [3.05, 3.63) is 47.6 Å². The lowest BCUT2D eigenvalue weighted by atomic mass is 9.75. The first-order valence-electron chi connectivity index (χ1n) is 11.2. The molecule has 0 radical (unpaired) electrons. The molecule has 2 heterocycles. The van der Waals surface area contributed by atoms with Crippen molar-refractivity contribution in [2.45, 2.75) is 106 Å². The third-order valence-corrected chi connectivity index (χ3v) is 5.67. The normalized spacial score (nSPS) is 13.5. The molecule has 0 N–H and O–H groups in total. The minimum Gasteiger partial charge on any atom is -0.241 e. The largest absolute Gasteiger partial charge is 0.241 e. The van der Waals surface area contributed by atoms with Gasteiger partial charge in [-0.3, -0.25) is 0 Å². The van der Waals surface area contributed by atoms with Crippen molar-refractivity contribution in [3.8, 4) is 0 Å². The molecule has 0 unspecified atom stereocenters. The molecule has 0 aliphatic heterocycles. The molecule has 0 aliphatic carbocycles. The summed E-state index contributed by atoms with van der Waals surface area (Å²) in [5, 5.41) is 0. The Hall–Kier alpha value is -1.84. The molecule has 4 heteroatoms. The SMILES string of the molecule is CC(C)(C)Cc1nccc(C(C)(C)CCC(C)(C)Cc2cc(C(C)(C)C)ncn2)n1. The Kier molecular flexibility index (Phi) is 7.10. The summed E-state index contributed by atoms with van der Waals surface area (Å²) >= 11 is 0. The van der Waals surface area contributed by atoms with Crippen LogP contribution in [0.3, 0.4) is 0 Å². The van der Waals surface area contributed by atoms with Gasteiger partial charge in [-0.2, -0.15) is 0 Å². The van der Waals surface area contributed by atoms with Crippen molar-refractivity contribution in [3.63, 3.8) is 0 Å². The van der Waals surface area contributed by atoms with Crippen LogP contribution in [0.25, 0.3) is 0 Å². The van der Waals surface area contributed by atoms with Crippen molar-refractivity contribution < 1.29 is 0 Å². The maximum atomic E-state index is 4.92. The summed E-state index contributed by atoms with van der Waals surface area (Å²) in [6, 6.07) is 4.26. The molecule has 0 fully saturated rings. The minimum absolute atomic E-state index is 0.00901. The van der Waals surface area contributed by atoms with Gasteiger partial charge < -0.3 is 0 Å². The lowest BCUT2D eigenvalue weighted by Gasteiger charge is -2.31. The molecular formula is C26H42N4. The molecule has 30 heavy (non-hydrogen) atoms. The highest BCUT2D eigenvalue weighted by molar-refractivity contribution is 5.17. The highest BCUT2D eigenvalue weighted by Crippen LogP contribution is 2.35.